The van der Waals surface area contributed by atoms with Crippen molar-refractivity contribution in [2.45, 2.75) is 11.8 Å². The molecule has 1 saturated heterocycles. The molecule has 2 aromatic rings. The topological polar surface area (TPSA) is 102 Å². The van der Waals surface area contributed by atoms with E-state index < -0.39 is 28.5 Å². The van der Waals surface area contributed by atoms with Crippen LogP contribution in [0.1, 0.15) is 15.9 Å². The van der Waals surface area contributed by atoms with Crippen molar-refractivity contribution in [2.75, 3.05) is 38.2 Å². The molecule has 2 aromatic carbocycles. The Morgan fingerprint density at radius 1 is 1.13 bits per heavy atom. The predicted molar refractivity (Wildman–Crippen MR) is 111 cm³/mol. The molecule has 8 nitrogen and oxygen atoms in total. The highest BCUT2D eigenvalue weighted by molar-refractivity contribution is 7.89. The number of aryl methyl sites for hydroxylation is 1. The number of ether oxygens (including phenoxy) is 2. The standard InChI is InChI=1S/C20H21ClN2O6S/c1-14-2-7-17(30(26,27)23-8-10-28-11-9-23)12-18(14)22-19(24)13-29-20(25)15-3-5-16(21)6-4-15/h2-7,12H,8-11,13H2,1H3,(H,22,24). The van der Waals surface area contributed by atoms with Crippen LogP contribution in [0.25, 0.3) is 0 Å². The van der Waals surface area contributed by atoms with Crippen molar-refractivity contribution < 1.29 is 27.5 Å². The highest BCUT2D eigenvalue weighted by atomic mass is 35.5. The number of nitrogens with zero attached hydrogens (tertiary/aromatic N) is 1. The average molecular weight is 453 g/mol. The molecule has 0 spiro atoms. The summed E-state index contributed by atoms with van der Waals surface area (Å²) < 4.78 is 37.2. The van der Waals surface area contributed by atoms with Crippen LogP contribution in [-0.4, -0.2) is 57.5 Å². The zero-order valence-corrected chi connectivity index (χ0v) is 17.8. The summed E-state index contributed by atoms with van der Waals surface area (Å²) in [6, 6.07) is 10.6. The van der Waals surface area contributed by atoms with Crippen LogP contribution in [0, 0.1) is 6.92 Å². The van der Waals surface area contributed by atoms with Gasteiger partial charge in [0.15, 0.2) is 6.61 Å². The van der Waals surface area contributed by atoms with E-state index in [4.69, 9.17) is 21.1 Å². The van der Waals surface area contributed by atoms with E-state index in [9.17, 15) is 18.0 Å². The van der Waals surface area contributed by atoms with Crippen LogP contribution < -0.4 is 5.32 Å². The fraction of sp³-hybridized carbons (Fsp3) is 0.300. The first kappa shape index (κ1) is 22.2. The van der Waals surface area contributed by atoms with Gasteiger partial charge < -0.3 is 14.8 Å². The Morgan fingerprint density at radius 2 is 1.80 bits per heavy atom. The highest BCUT2D eigenvalue weighted by Crippen LogP contribution is 2.23. The van der Waals surface area contributed by atoms with Crippen molar-refractivity contribution in [3.05, 3.63) is 58.6 Å². The van der Waals surface area contributed by atoms with E-state index in [-0.39, 0.29) is 23.5 Å². The SMILES string of the molecule is Cc1ccc(S(=O)(=O)N2CCOCC2)cc1NC(=O)COC(=O)c1ccc(Cl)cc1. The van der Waals surface area contributed by atoms with E-state index in [0.717, 1.165) is 0 Å². The van der Waals surface area contributed by atoms with Crippen LogP contribution >= 0.6 is 11.6 Å². The molecule has 3 rings (SSSR count). The molecule has 10 heteroatoms. The number of esters is 1. The lowest BCUT2D eigenvalue weighted by Crippen LogP contribution is -2.40. The van der Waals surface area contributed by atoms with E-state index in [1.54, 1.807) is 25.1 Å². The Hall–Kier alpha value is -2.46. The molecule has 1 amide bonds. The molecular weight excluding hydrogens is 432 g/mol. The van der Waals surface area contributed by atoms with Crippen LogP contribution in [0.15, 0.2) is 47.4 Å². The molecule has 0 aliphatic carbocycles. The molecule has 0 saturated carbocycles. The van der Waals surface area contributed by atoms with Gasteiger partial charge in [0.1, 0.15) is 0 Å². The van der Waals surface area contributed by atoms with E-state index in [1.165, 1.54) is 28.6 Å². The smallest absolute Gasteiger partial charge is 0.338 e. The van der Waals surface area contributed by atoms with E-state index in [2.05, 4.69) is 5.32 Å². The number of carbonyl (C=O) groups is 2. The lowest BCUT2D eigenvalue weighted by molar-refractivity contribution is -0.119. The number of anilines is 1. The van der Waals surface area contributed by atoms with Crippen LogP contribution in [0.4, 0.5) is 5.69 Å². The van der Waals surface area contributed by atoms with Crippen LogP contribution in [0.5, 0.6) is 0 Å². The Kier molecular flexibility index (Phi) is 7.09. The fourth-order valence-electron chi connectivity index (χ4n) is 2.82. The Morgan fingerprint density at radius 3 is 2.47 bits per heavy atom. The molecule has 0 radical (unpaired) electrons. The molecular formula is C20H21ClN2O6S. The lowest BCUT2D eigenvalue weighted by Gasteiger charge is -2.26. The van der Waals surface area contributed by atoms with Crippen molar-refractivity contribution in [3.63, 3.8) is 0 Å². The summed E-state index contributed by atoms with van der Waals surface area (Å²) in [6.07, 6.45) is 0. The number of morpholine rings is 1. The second kappa shape index (κ2) is 9.57. The van der Waals surface area contributed by atoms with Gasteiger partial charge in [0.05, 0.1) is 23.7 Å². The number of hydrogen-bond donors (Lipinski definition) is 1. The molecule has 0 atom stereocenters. The number of amides is 1. The minimum absolute atomic E-state index is 0.0726. The van der Waals surface area contributed by atoms with Gasteiger partial charge in [-0.2, -0.15) is 4.31 Å². The molecule has 30 heavy (non-hydrogen) atoms. The molecule has 0 aromatic heterocycles. The summed E-state index contributed by atoms with van der Waals surface area (Å²) in [5.41, 5.74) is 1.27. The first-order chi connectivity index (χ1) is 14.3. The maximum Gasteiger partial charge on any atom is 0.338 e. The van der Waals surface area contributed by atoms with Crippen molar-refractivity contribution in [2.24, 2.45) is 0 Å². The van der Waals surface area contributed by atoms with Gasteiger partial charge in [-0.05, 0) is 48.9 Å². The lowest BCUT2D eigenvalue weighted by atomic mass is 10.2. The Balaban J connectivity index is 1.65. The second-order valence-electron chi connectivity index (χ2n) is 6.62. The maximum absolute atomic E-state index is 12.8. The monoisotopic (exact) mass is 452 g/mol. The molecule has 0 unspecified atom stereocenters. The molecule has 1 fully saturated rings. The molecule has 160 valence electrons. The highest BCUT2D eigenvalue weighted by Gasteiger charge is 2.27. The number of benzene rings is 2. The van der Waals surface area contributed by atoms with E-state index >= 15 is 0 Å². The van der Waals surface area contributed by atoms with Crippen LogP contribution in [0.3, 0.4) is 0 Å². The summed E-state index contributed by atoms with van der Waals surface area (Å²) in [4.78, 5) is 24.3. The number of hydrogen-bond acceptors (Lipinski definition) is 6. The minimum Gasteiger partial charge on any atom is -0.452 e. The zero-order chi connectivity index (χ0) is 21.7. The molecule has 1 aliphatic heterocycles. The van der Waals surface area contributed by atoms with Crippen molar-refractivity contribution in [3.8, 4) is 0 Å². The summed E-state index contributed by atoms with van der Waals surface area (Å²) >= 11 is 5.78. The molecule has 1 aliphatic rings. The third-order valence-electron chi connectivity index (χ3n) is 4.51. The first-order valence-electron chi connectivity index (χ1n) is 9.18. The predicted octanol–water partition coefficient (Wildman–Crippen LogP) is 2.46. The molecule has 1 N–H and O–H groups in total. The number of nitrogens with one attached hydrogen (secondary N) is 1. The second-order valence-corrected chi connectivity index (χ2v) is 9.00. The number of carbonyl (C=O) groups excluding carboxylic acids is 2. The van der Waals surface area contributed by atoms with Gasteiger partial charge in [-0.1, -0.05) is 17.7 Å². The normalized spacial score (nSPS) is 14.9. The minimum atomic E-state index is -3.70. The average Bonchev–Trinajstić information content (AvgIpc) is 2.74. The molecule has 0 bridgehead atoms. The number of rotatable bonds is 6. The van der Waals surface area contributed by atoms with Gasteiger partial charge in [0.25, 0.3) is 5.91 Å². The van der Waals surface area contributed by atoms with Crippen LogP contribution in [0.2, 0.25) is 5.02 Å². The van der Waals surface area contributed by atoms with Gasteiger partial charge >= 0.3 is 5.97 Å². The van der Waals surface area contributed by atoms with Crippen molar-refractivity contribution in [1.29, 1.82) is 0 Å². The number of sulfonamides is 1. The van der Waals surface area contributed by atoms with Gasteiger partial charge in [-0.15, -0.1) is 0 Å². The third kappa shape index (κ3) is 5.37. The van der Waals surface area contributed by atoms with Gasteiger partial charge in [0.2, 0.25) is 10.0 Å². The van der Waals surface area contributed by atoms with E-state index in [0.29, 0.717) is 29.5 Å². The third-order valence-corrected chi connectivity index (χ3v) is 6.65. The van der Waals surface area contributed by atoms with Gasteiger partial charge in [-0.25, -0.2) is 13.2 Å². The maximum atomic E-state index is 12.8. The van der Waals surface area contributed by atoms with Crippen molar-refractivity contribution >= 4 is 39.2 Å². The van der Waals surface area contributed by atoms with Gasteiger partial charge in [0, 0.05) is 23.8 Å². The first-order valence-corrected chi connectivity index (χ1v) is 11.0. The quantitative estimate of drug-likeness (QED) is 0.675. The summed E-state index contributed by atoms with van der Waals surface area (Å²) in [6.45, 7) is 2.46. The van der Waals surface area contributed by atoms with Crippen molar-refractivity contribution in [1.82, 2.24) is 4.31 Å². The summed E-state index contributed by atoms with van der Waals surface area (Å²) in [7, 11) is -3.70. The summed E-state index contributed by atoms with van der Waals surface area (Å²) in [5, 5.41) is 3.08. The molecule has 1 heterocycles. The van der Waals surface area contributed by atoms with E-state index in [1.807, 2.05) is 0 Å². The zero-order valence-electron chi connectivity index (χ0n) is 16.3. The number of halogens is 1. The fourth-order valence-corrected chi connectivity index (χ4v) is 4.38. The Bertz CT molecular complexity index is 1030. The Labute approximate surface area is 179 Å². The summed E-state index contributed by atoms with van der Waals surface area (Å²) in [5.74, 6) is -1.25. The largest absolute Gasteiger partial charge is 0.452 e. The van der Waals surface area contributed by atoms with Crippen LogP contribution in [-0.2, 0) is 24.3 Å². The van der Waals surface area contributed by atoms with Gasteiger partial charge in [-0.3, -0.25) is 4.79 Å².